The van der Waals surface area contributed by atoms with E-state index in [1.165, 1.54) is 0 Å². The minimum absolute atomic E-state index is 0.0343. The van der Waals surface area contributed by atoms with E-state index in [1.807, 2.05) is 44.2 Å². The van der Waals surface area contributed by atoms with Gasteiger partial charge in [0.2, 0.25) is 11.8 Å². The first-order chi connectivity index (χ1) is 21.9. The summed E-state index contributed by atoms with van der Waals surface area (Å²) in [5.41, 5.74) is 10.3. The van der Waals surface area contributed by atoms with Gasteiger partial charge in [0.05, 0.1) is 7.79 Å². The van der Waals surface area contributed by atoms with Crippen LogP contribution in [0.2, 0.25) is 0 Å². The van der Waals surface area contributed by atoms with Gasteiger partial charge in [-0.15, -0.1) is 9.24 Å². The molecule has 1 aromatic rings. The summed E-state index contributed by atoms with van der Waals surface area (Å²) in [4.78, 5) is 61.8. The van der Waals surface area contributed by atoms with E-state index >= 15 is 0 Å². The summed E-state index contributed by atoms with van der Waals surface area (Å²) in [6, 6.07) is 6.00. The van der Waals surface area contributed by atoms with E-state index in [0.717, 1.165) is 41.5 Å². The van der Waals surface area contributed by atoms with Crippen molar-refractivity contribution < 1.29 is 30.1 Å². The minimum atomic E-state index is -1.53. The van der Waals surface area contributed by atoms with Crippen molar-refractivity contribution in [2.45, 2.75) is 115 Å². The van der Waals surface area contributed by atoms with Gasteiger partial charge in [-0.25, -0.2) is 0 Å². The maximum absolute atomic E-state index is 12.8. The highest BCUT2D eigenvalue weighted by Gasteiger charge is 2.38. The Kier molecular flexibility index (Phi) is 14.4. The Hall–Kier alpha value is -3.16. The summed E-state index contributed by atoms with van der Waals surface area (Å²) in [5.74, 6) is -2.32. The van der Waals surface area contributed by atoms with Crippen LogP contribution in [0, 0.1) is 0 Å². The third-order valence-corrected chi connectivity index (χ3v) is 8.35. The summed E-state index contributed by atoms with van der Waals surface area (Å²) in [5, 5.41) is 5.78. The molecular weight excluding hydrogens is 589 g/mol. The first-order valence-electron chi connectivity index (χ1n) is 16.8. The van der Waals surface area contributed by atoms with Crippen molar-refractivity contribution in [2.75, 3.05) is 13.2 Å². The van der Waals surface area contributed by atoms with Gasteiger partial charge in [-0.2, -0.15) is 0 Å². The predicted octanol–water partition coefficient (Wildman–Crippen LogP) is 5.03. The summed E-state index contributed by atoms with van der Waals surface area (Å²) < 4.78 is 13.4. The zero-order valence-electron chi connectivity index (χ0n) is 27.8. The molecule has 0 fully saturated rings. The third kappa shape index (κ3) is 11.9. The van der Waals surface area contributed by atoms with Gasteiger partial charge in [-0.3, -0.25) is 24.0 Å². The van der Waals surface area contributed by atoms with Crippen LogP contribution in [0.5, 0.6) is 0 Å². The number of nitrogens with two attached hydrogens (primary N) is 1. The van der Waals surface area contributed by atoms with E-state index in [9.17, 15) is 24.0 Å². The van der Waals surface area contributed by atoms with Crippen LogP contribution in [-0.4, -0.2) is 48.3 Å². The number of ether oxygens (including phenoxy) is 1. The molecule has 1 aromatic carbocycles. The standard InChI is InChI=1S/C35H50N3O6P/c1-3-5-8-25(39)9-6-10-26(40)18-23-13-15-27-28-16-14-24(38-34(42)12-7-11-33(41)37-17-4-2)20-30(28)31(29(27)19-23)22-44-35(43)21-32(36)45/h13-15,19-20,28,31-32H,3-12,16-18,21-22,36,45H2,1-2H3,(H,37,41)(H,38,42)/i32D. The molecule has 246 valence electrons. The van der Waals surface area contributed by atoms with Gasteiger partial charge in [-0.05, 0) is 60.4 Å². The maximum Gasteiger partial charge on any atom is 0.307 e. The lowest BCUT2D eigenvalue weighted by molar-refractivity contribution is -0.144. The van der Waals surface area contributed by atoms with Crippen LogP contribution < -0.4 is 16.4 Å². The summed E-state index contributed by atoms with van der Waals surface area (Å²) >= 11 is 0. The lowest BCUT2D eigenvalue weighted by Crippen LogP contribution is -2.26. The average molecular weight is 641 g/mol. The normalized spacial score (nSPS) is 18.4. The molecule has 0 aromatic heterocycles. The smallest absolute Gasteiger partial charge is 0.307 e. The number of rotatable bonds is 20. The zero-order chi connectivity index (χ0) is 33.7. The lowest BCUT2D eigenvalue weighted by Gasteiger charge is -2.22. The van der Waals surface area contributed by atoms with Gasteiger partial charge in [0, 0.05) is 68.4 Å². The summed E-state index contributed by atoms with van der Waals surface area (Å²) in [6.45, 7) is 4.70. The highest BCUT2D eigenvalue weighted by molar-refractivity contribution is 7.17. The molecule has 10 heteroatoms. The van der Waals surface area contributed by atoms with Gasteiger partial charge in [0.1, 0.15) is 18.2 Å². The molecule has 0 aliphatic heterocycles. The second-order valence-corrected chi connectivity index (χ2v) is 12.7. The number of benzene rings is 1. The number of hydrogen-bond acceptors (Lipinski definition) is 7. The largest absolute Gasteiger partial charge is 0.465 e. The van der Waals surface area contributed by atoms with E-state index in [-0.39, 0.29) is 61.1 Å². The second-order valence-electron chi connectivity index (χ2n) is 12.0. The number of carbonyl (C=O) groups is 5. The molecule has 0 spiro atoms. The van der Waals surface area contributed by atoms with Crippen LogP contribution in [0.25, 0.3) is 0 Å². The highest BCUT2D eigenvalue weighted by atomic mass is 31.0. The van der Waals surface area contributed by atoms with Crippen molar-refractivity contribution in [3.05, 3.63) is 58.3 Å². The molecule has 4 N–H and O–H groups in total. The number of nitrogens with one attached hydrogen (secondary N) is 2. The first kappa shape index (κ1) is 34.7. The molecule has 2 aliphatic carbocycles. The molecular formula is C35H50N3O6P. The monoisotopic (exact) mass is 640 g/mol. The van der Waals surface area contributed by atoms with Gasteiger partial charge in [-0.1, -0.05) is 44.5 Å². The summed E-state index contributed by atoms with van der Waals surface area (Å²) in [7, 11) is 2.12. The maximum atomic E-state index is 12.8. The van der Waals surface area contributed by atoms with Crippen molar-refractivity contribution in [3.8, 4) is 0 Å². The van der Waals surface area contributed by atoms with Gasteiger partial charge in [0.15, 0.2) is 0 Å². The second kappa shape index (κ2) is 18.7. The van der Waals surface area contributed by atoms with Gasteiger partial charge in [0.25, 0.3) is 0 Å². The van der Waals surface area contributed by atoms with Crippen LogP contribution in [0.4, 0.5) is 0 Å². The Morgan fingerprint density at radius 2 is 1.69 bits per heavy atom. The lowest BCUT2D eigenvalue weighted by atomic mass is 9.87. The van der Waals surface area contributed by atoms with Gasteiger partial charge < -0.3 is 21.1 Å². The number of Topliss-reactive ketones (excluding diaryl/α,β-unsaturated/α-hetero) is 2. The number of unbranched alkanes of at least 4 members (excludes halogenated alkanes) is 1. The Morgan fingerprint density at radius 1 is 0.978 bits per heavy atom. The molecule has 4 atom stereocenters. The fourth-order valence-electron chi connectivity index (χ4n) is 5.85. The molecule has 3 rings (SSSR count). The molecule has 0 saturated carbocycles. The van der Waals surface area contributed by atoms with Crippen molar-refractivity contribution in [1.29, 1.82) is 0 Å². The van der Waals surface area contributed by atoms with Crippen LogP contribution in [0.15, 0.2) is 41.6 Å². The van der Waals surface area contributed by atoms with Crippen molar-refractivity contribution in [2.24, 2.45) is 5.73 Å². The Balaban J connectivity index is 1.70. The number of esters is 1. The van der Waals surface area contributed by atoms with E-state index in [4.69, 9.17) is 11.8 Å². The van der Waals surface area contributed by atoms with Crippen molar-refractivity contribution in [1.82, 2.24) is 10.6 Å². The molecule has 0 saturated heterocycles. The highest BCUT2D eigenvalue weighted by Crippen LogP contribution is 2.50. The minimum Gasteiger partial charge on any atom is -0.465 e. The quantitative estimate of drug-likeness (QED) is 0.134. The third-order valence-electron chi connectivity index (χ3n) is 8.15. The Bertz CT molecular complexity index is 1340. The van der Waals surface area contributed by atoms with Crippen LogP contribution >= 0.6 is 9.24 Å². The van der Waals surface area contributed by atoms with Crippen molar-refractivity contribution in [3.63, 3.8) is 0 Å². The number of amides is 2. The van der Waals surface area contributed by atoms with E-state index in [2.05, 4.69) is 19.9 Å². The first-order valence-corrected chi connectivity index (χ1v) is 16.9. The molecule has 45 heavy (non-hydrogen) atoms. The number of allylic oxidation sites excluding steroid dienone is 2. The van der Waals surface area contributed by atoms with E-state index < -0.39 is 11.7 Å². The number of ketones is 2. The predicted molar refractivity (Wildman–Crippen MR) is 178 cm³/mol. The molecule has 0 heterocycles. The van der Waals surface area contributed by atoms with Crippen LogP contribution in [0.3, 0.4) is 0 Å². The van der Waals surface area contributed by atoms with Crippen LogP contribution in [0.1, 0.15) is 121 Å². The van der Waals surface area contributed by atoms with E-state index in [1.54, 1.807) is 0 Å². The number of carbonyl (C=O) groups excluding carboxylic acids is 5. The molecule has 0 radical (unpaired) electrons. The fourth-order valence-corrected chi connectivity index (χ4v) is 6.02. The van der Waals surface area contributed by atoms with Gasteiger partial charge >= 0.3 is 5.97 Å². The van der Waals surface area contributed by atoms with Crippen LogP contribution in [-0.2, 0) is 35.1 Å². The topological polar surface area (TPSA) is 145 Å². The molecule has 4 unspecified atom stereocenters. The molecule has 2 aliphatic rings. The average Bonchev–Trinajstić information content (AvgIpc) is 3.28. The number of fused-ring (bicyclic) bond motifs is 3. The fraction of sp³-hybridized carbons (Fsp3) is 0.571. The molecule has 0 bridgehead atoms. The van der Waals surface area contributed by atoms with Crippen molar-refractivity contribution >= 4 is 38.6 Å². The zero-order valence-corrected chi connectivity index (χ0v) is 27.9. The number of hydrogen-bond donors (Lipinski definition) is 3. The SMILES string of the molecule is [2H]C(N)(P)CC(=O)OCC1C2=CC(NC(=O)CCCC(=O)NCCC)=CCC2c2ccc(CC(=O)CCCC(=O)CCCC)cc21. The molecule has 2 amide bonds. The van der Waals surface area contributed by atoms with E-state index in [0.29, 0.717) is 57.2 Å². The summed E-state index contributed by atoms with van der Waals surface area (Å²) in [6.07, 6.45) is 10.1. The molecule has 9 nitrogen and oxygen atoms in total. The Morgan fingerprint density at radius 3 is 2.42 bits per heavy atom. The Labute approximate surface area is 271 Å².